The summed E-state index contributed by atoms with van der Waals surface area (Å²) in [7, 11) is 0. The number of aromatic nitrogens is 2. The fourth-order valence-electron chi connectivity index (χ4n) is 5.54. The summed E-state index contributed by atoms with van der Waals surface area (Å²) in [5, 5.41) is 0.712. The molecule has 2 fully saturated rings. The molecule has 0 spiro atoms. The van der Waals surface area contributed by atoms with Crippen molar-refractivity contribution in [1.29, 1.82) is 0 Å². The number of carbonyl (C=O) groups is 2. The Morgan fingerprint density at radius 2 is 1.79 bits per heavy atom. The van der Waals surface area contributed by atoms with Crippen molar-refractivity contribution in [3.63, 3.8) is 0 Å². The summed E-state index contributed by atoms with van der Waals surface area (Å²) in [5.74, 6) is 1.59. The maximum absolute atomic E-state index is 14.2. The van der Waals surface area contributed by atoms with Gasteiger partial charge in [-0.25, -0.2) is 14.4 Å². The lowest BCUT2D eigenvalue weighted by atomic mass is 10.1. The Morgan fingerprint density at radius 3 is 2.58 bits per heavy atom. The van der Waals surface area contributed by atoms with E-state index in [4.69, 9.17) is 21.1 Å². The molecule has 10 nitrogen and oxygen atoms in total. The van der Waals surface area contributed by atoms with Crippen LogP contribution in [-0.2, 0) is 11.3 Å². The first-order chi connectivity index (χ1) is 20.8. The van der Waals surface area contributed by atoms with Crippen molar-refractivity contribution in [3.8, 4) is 11.5 Å². The molecule has 0 bridgehead atoms. The first-order valence-corrected chi connectivity index (χ1v) is 15.6. The van der Waals surface area contributed by atoms with Crippen LogP contribution >= 0.6 is 23.4 Å². The molecule has 4 heterocycles. The van der Waals surface area contributed by atoms with Crippen molar-refractivity contribution in [2.75, 3.05) is 63.3 Å². The Bertz CT molecular complexity index is 1510. The van der Waals surface area contributed by atoms with Gasteiger partial charge in [-0.15, -0.1) is 0 Å². The third kappa shape index (κ3) is 6.81. The van der Waals surface area contributed by atoms with Crippen LogP contribution in [0.3, 0.4) is 0 Å². The Morgan fingerprint density at radius 1 is 1.00 bits per heavy atom. The number of piperazine rings is 2. The highest BCUT2D eigenvalue weighted by atomic mass is 35.5. The average molecular weight is 627 g/mol. The Kier molecular flexibility index (Phi) is 8.87. The number of rotatable bonds is 7. The molecule has 0 N–H and O–H groups in total. The van der Waals surface area contributed by atoms with Crippen molar-refractivity contribution in [3.05, 3.63) is 70.6 Å². The topological polar surface area (TPSA) is 91.3 Å². The van der Waals surface area contributed by atoms with E-state index in [1.165, 1.54) is 23.9 Å². The van der Waals surface area contributed by atoms with Gasteiger partial charge in [-0.3, -0.25) is 14.5 Å². The second kappa shape index (κ2) is 12.9. The summed E-state index contributed by atoms with van der Waals surface area (Å²) in [6.45, 7) is 7.28. The largest absolute Gasteiger partial charge is 0.454 e. The summed E-state index contributed by atoms with van der Waals surface area (Å²) < 4.78 is 25.1. The van der Waals surface area contributed by atoms with Gasteiger partial charge in [0, 0.05) is 64.5 Å². The van der Waals surface area contributed by atoms with Crippen LogP contribution in [0, 0.1) is 5.82 Å². The van der Waals surface area contributed by atoms with Crippen LogP contribution in [0.4, 0.5) is 10.2 Å². The maximum atomic E-state index is 14.2. The van der Waals surface area contributed by atoms with Gasteiger partial charge in [0.1, 0.15) is 16.8 Å². The fourth-order valence-corrected chi connectivity index (χ4v) is 6.52. The van der Waals surface area contributed by atoms with E-state index < -0.39 is 5.82 Å². The molecule has 43 heavy (non-hydrogen) atoms. The van der Waals surface area contributed by atoms with Crippen molar-refractivity contribution < 1.29 is 23.5 Å². The van der Waals surface area contributed by atoms with Gasteiger partial charge in [0.15, 0.2) is 16.7 Å². The molecule has 2 aromatic carbocycles. The average Bonchev–Trinajstić information content (AvgIpc) is 3.48. The van der Waals surface area contributed by atoms with Gasteiger partial charge in [0.25, 0.3) is 5.91 Å². The van der Waals surface area contributed by atoms with Gasteiger partial charge < -0.3 is 24.2 Å². The molecule has 1 atom stereocenters. The van der Waals surface area contributed by atoms with Crippen molar-refractivity contribution in [2.24, 2.45) is 0 Å². The predicted octanol–water partition coefficient (Wildman–Crippen LogP) is 3.79. The lowest BCUT2D eigenvalue weighted by Crippen LogP contribution is -2.54. The monoisotopic (exact) mass is 626 g/mol. The molecule has 3 aliphatic rings. The summed E-state index contributed by atoms with van der Waals surface area (Å²) in [6.07, 6.45) is 0. The molecule has 2 saturated heterocycles. The van der Waals surface area contributed by atoms with Gasteiger partial charge in [-0.05, 0) is 36.8 Å². The highest BCUT2D eigenvalue weighted by Crippen LogP contribution is 2.33. The Labute approximate surface area is 258 Å². The number of amides is 2. The highest BCUT2D eigenvalue weighted by molar-refractivity contribution is 7.99. The molecule has 0 aliphatic carbocycles. The normalized spacial score (nSPS) is 18.7. The second-order valence-corrected chi connectivity index (χ2v) is 12.1. The number of thioether (sulfide) groups is 1. The molecule has 6 rings (SSSR count). The number of hydrogen-bond acceptors (Lipinski definition) is 9. The van der Waals surface area contributed by atoms with Crippen LogP contribution < -0.4 is 14.4 Å². The molecule has 0 radical (unpaired) electrons. The van der Waals surface area contributed by atoms with Crippen LogP contribution in [0.1, 0.15) is 22.8 Å². The molecule has 226 valence electrons. The minimum Gasteiger partial charge on any atom is -0.454 e. The number of fused-ring (bicyclic) bond motifs is 1. The lowest BCUT2D eigenvalue weighted by molar-refractivity contribution is -0.130. The van der Waals surface area contributed by atoms with Crippen LogP contribution in [0.5, 0.6) is 11.5 Å². The molecular weight excluding hydrogens is 595 g/mol. The van der Waals surface area contributed by atoms with E-state index in [0.29, 0.717) is 43.7 Å². The third-order valence-corrected chi connectivity index (χ3v) is 8.90. The van der Waals surface area contributed by atoms with Crippen LogP contribution in [-0.4, -0.2) is 101 Å². The number of benzene rings is 2. The summed E-state index contributed by atoms with van der Waals surface area (Å²) in [6, 6.07) is 13.6. The quantitative estimate of drug-likeness (QED) is 0.221. The minimum atomic E-state index is -0.524. The molecular formula is C30H32ClFN6O4S. The number of hydrogen-bond donors (Lipinski definition) is 0. The van der Waals surface area contributed by atoms with E-state index >= 15 is 0 Å². The van der Waals surface area contributed by atoms with E-state index in [2.05, 4.69) is 14.9 Å². The standard InChI is InChI=1S/C30H32ClFN6O4S/c1-20-16-37(12-13-38(20)29(40)22-4-2-3-5-23(22)32)27-15-26(31)33-30(34-27)43-18-28(39)36-10-8-35(9-11-36)17-21-6-7-24-25(14-21)42-19-41-24/h2-7,14-15,20H,8-13,16-19H2,1H3. The molecule has 0 saturated carbocycles. The number of anilines is 1. The molecule has 3 aromatic rings. The van der Waals surface area contributed by atoms with E-state index in [9.17, 15) is 14.0 Å². The highest BCUT2D eigenvalue weighted by Gasteiger charge is 2.30. The van der Waals surface area contributed by atoms with E-state index in [1.54, 1.807) is 23.1 Å². The van der Waals surface area contributed by atoms with Gasteiger partial charge in [0.05, 0.1) is 11.3 Å². The van der Waals surface area contributed by atoms with E-state index in [1.807, 2.05) is 34.9 Å². The molecule has 1 unspecified atom stereocenters. The zero-order chi connectivity index (χ0) is 29.9. The SMILES string of the molecule is CC1CN(c2cc(Cl)nc(SCC(=O)N3CCN(Cc4ccc5c(c4)OCO5)CC3)n2)CCN1C(=O)c1ccccc1F. The Hall–Kier alpha value is -3.61. The Balaban J connectivity index is 0.996. The second-order valence-electron chi connectivity index (χ2n) is 10.7. The number of halogens is 2. The maximum Gasteiger partial charge on any atom is 0.257 e. The third-order valence-electron chi connectivity index (χ3n) is 7.87. The van der Waals surface area contributed by atoms with Crippen molar-refractivity contribution >= 4 is 41.0 Å². The van der Waals surface area contributed by atoms with Crippen molar-refractivity contribution in [1.82, 2.24) is 24.7 Å². The summed E-state index contributed by atoms with van der Waals surface area (Å²) in [4.78, 5) is 42.9. The minimum absolute atomic E-state index is 0.0340. The van der Waals surface area contributed by atoms with Crippen LogP contribution in [0.25, 0.3) is 0 Å². The smallest absolute Gasteiger partial charge is 0.257 e. The molecule has 2 amide bonds. The number of carbonyl (C=O) groups excluding carboxylic acids is 2. The van der Waals surface area contributed by atoms with Gasteiger partial charge in [-0.2, -0.15) is 0 Å². The number of nitrogens with zero attached hydrogens (tertiary/aromatic N) is 6. The van der Waals surface area contributed by atoms with Crippen LogP contribution in [0.15, 0.2) is 53.7 Å². The number of ether oxygens (including phenoxy) is 2. The van der Waals surface area contributed by atoms with Gasteiger partial charge >= 0.3 is 0 Å². The van der Waals surface area contributed by atoms with Crippen molar-refractivity contribution in [2.45, 2.75) is 24.7 Å². The van der Waals surface area contributed by atoms with Gasteiger partial charge in [-0.1, -0.05) is 41.6 Å². The zero-order valence-corrected chi connectivity index (χ0v) is 25.3. The summed E-state index contributed by atoms with van der Waals surface area (Å²) >= 11 is 7.61. The predicted molar refractivity (Wildman–Crippen MR) is 161 cm³/mol. The molecule has 3 aliphatic heterocycles. The zero-order valence-electron chi connectivity index (χ0n) is 23.7. The lowest BCUT2D eigenvalue weighted by Gasteiger charge is -2.40. The van der Waals surface area contributed by atoms with E-state index in [-0.39, 0.29) is 41.1 Å². The first kappa shape index (κ1) is 29.5. The summed E-state index contributed by atoms with van der Waals surface area (Å²) in [5.41, 5.74) is 1.23. The molecule has 1 aromatic heterocycles. The van der Waals surface area contributed by atoms with Gasteiger partial charge in [0.2, 0.25) is 12.7 Å². The van der Waals surface area contributed by atoms with E-state index in [0.717, 1.165) is 36.7 Å². The molecule has 13 heteroatoms. The fraction of sp³-hybridized carbons (Fsp3) is 0.400. The first-order valence-electron chi connectivity index (χ1n) is 14.2. The van der Waals surface area contributed by atoms with Crippen LogP contribution in [0.2, 0.25) is 5.15 Å².